The van der Waals surface area contributed by atoms with Crippen molar-refractivity contribution in [2.45, 2.75) is 18.9 Å². The number of pyridine rings is 1. The third kappa shape index (κ3) is 3.47. The fourth-order valence-corrected chi connectivity index (χ4v) is 3.71. The first-order valence-electron chi connectivity index (χ1n) is 9.12. The van der Waals surface area contributed by atoms with Gasteiger partial charge in [-0.1, -0.05) is 0 Å². The van der Waals surface area contributed by atoms with Crippen LogP contribution in [0.25, 0.3) is 11.2 Å². The summed E-state index contributed by atoms with van der Waals surface area (Å²) in [6, 6.07) is 6.63. The molecule has 1 aliphatic heterocycles. The standard InChI is InChI=1S/C20H20F2N4O2/c1-28-8-7-26-18(24-17-3-2-5-23-19(17)26)13-4-6-25(12-13)20(27)14-9-15(21)11-16(22)10-14/h2-3,5,9-11,13H,4,6-8,12H2,1H3/t13-/m0/s1. The number of carbonyl (C=O) groups excluding carboxylic acids is 1. The molecule has 0 radical (unpaired) electrons. The fraction of sp³-hybridized carbons (Fsp3) is 0.350. The van der Waals surface area contributed by atoms with Crippen molar-refractivity contribution in [1.29, 1.82) is 0 Å². The Labute approximate surface area is 160 Å². The molecule has 6 nitrogen and oxygen atoms in total. The van der Waals surface area contributed by atoms with Crippen molar-refractivity contribution in [3.8, 4) is 0 Å². The molecule has 8 heteroatoms. The highest BCUT2D eigenvalue weighted by molar-refractivity contribution is 5.94. The summed E-state index contributed by atoms with van der Waals surface area (Å²) in [5, 5.41) is 0. The normalized spacial score (nSPS) is 16.8. The quantitative estimate of drug-likeness (QED) is 0.676. The van der Waals surface area contributed by atoms with Crippen LogP contribution >= 0.6 is 0 Å². The van der Waals surface area contributed by atoms with E-state index in [9.17, 15) is 13.6 Å². The predicted molar refractivity (Wildman–Crippen MR) is 99.0 cm³/mol. The number of imidazole rings is 1. The number of likely N-dealkylation sites (tertiary alicyclic amines) is 1. The Bertz CT molecular complexity index is 1000. The monoisotopic (exact) mass is 386 g/mol. The maximum Gasteiger partial charge on any atom is 0.254 e. The van der Waals surface area contributed by atoms with E-state index in [0.717, 1.165) is 41.6 Å². The Morgan fingerprint density at radius 1 is 1.29 bits per heavy atom. The first kappa shape index (κ1) is 18.5. The number of amides is 1. The molecule has 146 valence electrons. The molecule has 1 fully saturated rings. The highest BCUT2D eigenvalue weighted by atomic mass is 19.1. The lowest BCUT2D eigenvalue weighted by Crippen LogP contribution is -2.29. The molecule has 1 saturated heterocycles. The van der Waals surface area contributed by atoms with Gasteiger partial charge in [0.2, 0.25) is 0 Å². The van der Waals surface area contributed by atoms with Crippen LogP contribution in [0.1, 0.15) is 28.5 Å². The summed E-state index contributed by atoms with van der Waals surface area (Å²) in [6.07, 6.45) is 2.44. The predicted octanol–water partition coefficient (Wildman–Crippen LogP) is 2.99. The van der Waals surface area contributed by atoms with Crippen molar-refractivity contribution < 1.29 is 18.3 Å². The average molecular weight is 386 g/mol. The smallest absolute Gasteiger partial charge is 0.254 e. The second kappa shape index (κ2) is 7.63. The van der Waals surface area contributed by atoms with Gasteiger partial charge in [0.25, 0.3) is 5.91 Å². The first-order valence-corrected chi connectivity index (χ1v) is 9.12. The van der Waals surface area contributed by atoms with Crippen LogP contribution < -0.4 is 0 Å². The molecule has 3 aromatic rings. The van der Waals surface area contributed by atoms with Gasteiger partial charge >= 0.3 is 0 Å². The van der Waals surface area contributed by atoms with Crippen LogP contribution in [0.5, 0.6) is 0 Å². The number of carbonyl (C=O) groups is 1. The van der Waals surface area contributed by atoms with Gasteiger partial charge in [-0.3, -0.25) is 4.79 Å². The Morgan fingerprint density at radius 3 is 2.82 bits per heavy atom. The molecule has 1 amide bonds. The van der Waals surface area contributed by atoms with E-state index in [1.54, 1.807) is 18.2 Å². The molecule has 0 N–H and O–H groups in total. The maximum atomic E-state index is 13.5. The number of fused-ring (bicyclic) bond motifs is 1. The number of benzene rings is 1. The lowest BCUT2D eigenvalue weighted by molar-refractivity contribution is 0.0789. The van der Waals surface area contributed by atoms with Crippen molar-refractivity contribution in [2.75, 3.05) is 26.8 Å². The van der Waals surface area contributed by atoms with E-state index in [4.69, 9.17) is 9.72 Å². The SMILES string of the molecule is COCCn1c([C@H]2CCN(C(=O)c3cc(F)cc(F)c3)C2)nc2cccnc21. The van der Waals surface area contributed by atoms with Crippen molar-refractivity contribution in [2.24, 2.45) is 0 Å². The summed E-state index contributed by atoms with van der Waals surface area (Å²) in [6.45, 7) is 2.07. The lowest BCUT2D eigenvalue weighted by Gasteiger charge is -2.17. The second-order valence-corrected chi connectivity index (χ2v) is 6.86. The molecule has 28 heavy (non-hydrogen) atoms. The summed E-state index contributed by atoms with van der Waals surface area (Å²) >= 11 is 0. The number of methoxy groups -OCH3 is 1. The molecule has 2 aromatic heterocycles. The van der Waals surface area contributed by atoms with Gasteiger partial charge in [-0.2, -0.15) is 0 Å². The third-order valence-corrected chi connectivity index (χ3v) is 5.00. The molecular formula is C20H20F2N4O2. The molecule has 0 unspecified atom stereocenters. The molecule has 1 aromatic carbocycles. The lowest BCUT2D eigenvalue weighted by atomic mass is 10.1. The summed E-state index contributed by atoms with van der Waals surface area (Å²) < 4.78 is 34.2. The van der Waals surface area contributed by atoms with Gasteiger partial charge in [0.15, 0.2) is 5.65 Å². The first-order chi connectivity index (χ1) is 13.6. The summed E-state index contributed by atoms with van der Waals surface area (Å²) in [5.41, 5.74) is 1.60. The van der Waals surface area contributed by atoms with Crippen LogP contribution in [0, 0.1) is 11.6 Å². The third-order valence-electron chi connectivity index (χ3n) is 5.00. The number of aromatic nitrogens is 3. The summed E-state index contributed by atoms with van der Waals surface area (Å²) in [4.78, 5) is 23.5. The van der Waals surface area contributed by atoms with E-state index in [1.807, 2.05) is 16.7 Å². The number of hydrogen-bond acceptors (Lipinski definition) is 4. The van der Waals surface area contributed by atoms with Crippen LogP contribution in [-0.2, 0) is 11.3 Å². The second-order valence-electron chi connectivity index (χ2n) is 6.86. The van der Waals surface area contributed by atoms with Gasteiger partial charge in [-0.15, -0.1) is 0 Å². The number of hydrogen-bond donors (Lipinski definition) is 0. The zero-order valence-electron chi connectivity index (χ0n) is 15.4. The van der Waals surface area contributed by atoms with Gasteiger partial charge in [-0.25, -0.2) is 18.7 Å². The van der Waals surface area contributed by atoms with E-state index in [0.29, 0.717) is 26.2 Å². The van der Waals surface area contributed by atoms with E-state index in [2.05, 4.69) is 4.98 Å². The molecule has 4 rings (SSSR count). The molecule has 1 atom stereocenters. The van der Waals surface area contributed by atoms with E-state index >= 15 is 0 Å². The topological polar surface area (TPSA) is 60.2 Å². The molecule has 1 aliphatic rings. The molecular weight excluding hydrogens is 366 g/mol. The molecule has 0 aliphatic carbocycles. The number of rotatable bonds is 5. The molecule has 0 bridgehead atoms. The highest BCUT2D eigenvalue weighted by Crippen LogP contribution is 2.30. The van der Waals surface area contributed by atoms with E-state index in [1.165, 1.54) is 0 Å². The Hall–Kier alpha value is -2.87. The average Bonchev–Trinajstić information content (AvgIpc) is 3.30. The Morgan fingerprint density at radius 2 is 2.07 bits per heavy atom. The van der Waals surface area contributed by atoms with E-state index < -0.39 is 11.6 Å². The van der Waals surface area contributed by atoms with Crippen LogP contribution in [0.4, 0.5) is 8.78 Å². The number of nitrogens with zero attached hydrogens (tertiary/aromatic N) is 4. The zero-order valence-corrected chi connectivity index (χ0v) is 15.4. The summed E-state index contributed by atoms with van der Waals surface area (Å²) in [7, 11) is 1.64. The summed E-state index contributed by atoms with van der Waals surface area (Å²) in [5.74, 6) is -1.02. The minimum atomic E-state index is -0.758. The fourth-order valence-electron chi connectivity index (χ4n) is 3.71. The molecule has 0 saturated carbocycles. The molecule has 3 heterocycles. The minimum absolute atomic E-state index is 0.0210. The van der Waals surface area contributed by atoms with Gasteiger partial charge in [0.1, 0.15) is 23.0 Å². The van der Waals surface area contributed by atoms with Crippen LogP contribution in [0.2, 0.25) is 0 Å². The van der Waals surface area contributed by atoms with Crippen molar-refractivity contribution >= 4 is 17.1 Å². The van der Waals surface area contributed by atoms with Crippen LogP contribution in [0.15, 0.2) is 36.5 Å². The van der Waals surface area contributed by atoms with Gasteiger partial charge in [0, 0.05) is 50.5 Å². The minimum Gasteiger partial charge on any atom is -0.383 e. The Balaban J connectivity index is 1.59. The maximum absolute atomic E-state index is 13.5. The number of ether oxygens (including phenoxy) is 1. The van der Waals surface area contributed by atoms with Gasteiger partial charge < -0.3 is 14.2 Å². The van der Waals surface area contributed by atoms with Crippen molar-refractivity contribution in [3.63, 3.8) is 0 Å². The zero-order chi connectivity index (χ0) is 19.7. The van der Waals surface area contributed by atoms with Gasteiger partial charge in [0.05, 0.1) is 6.61 Å². The largest absolute Gasteiger partial charge is 0.383 e. The molecule has 0 spiro atoms. The van der Waals surface area contributed by atoms with Crippen LogP contribution in [0.3, 0.4) is 0 Å². The van der Waals surface area contributed by atoms with Crippen LogP contribution in [-0.4, -0.2) is 52.1 Å². The number of halogens is 2. The van der Waals surface area contributed by atoms with Gasteiger partial charge in [-0.05, 0) is 30.7 Å². The van der Waals surface area contributed by atoms with Crippen molar-refractivity contribution in [3.05, 3.63) is 59.6 Å². The van der Waals surface area contributed by atoms with Crippen molar-refractivity contribution in [1.82, 2.24) is 19.4 Å². The highest BCUT2D eigenvalue weighted by Gasteiger charge is 2.32. The Kier molecular flexibility index (Phi) is 5.04. The van der Waals surface area contributed by atoms with E-state index in [-0.39, 0.29) is 17.4 Å².